The van der Waals surface area contributed by atoms with Crippen LogP contribution in [0, 0.1) is 18.2 Å². The number of fused-ring (bicyclic) bond motifs is 1. The predicted molar refractivity (Wildman–Crippen MR) is 148 cm³/mol. The third-order valence-corrected chi connectivity index (χ3v) is 7.17. The molecular formula is C31H28FN3O4. The van der Waals surface area contributed by atoms with E-state index in [0.29, 0.717) is 46.3 Å². The minimum atomic E-state index is -0.747. The highest BCUT2D eigenvalue weighted by Crippen LogP contribution is 2.39. The highest BCUT2D eigenvalue weighted by atomic mass is 19.1. The van der Waals surface area contributed by atoms with Crippen molar-refractivity contribution < 1.29 is 23.2 Å². The van der Waals surface area contributed by atoms with E-state index in [1.165, 1.54) is 26.1 Å². The number of carbonyl (C=O) groups excluding carboxylic acids is 3. The van der Waals surface area contributed by atoms with Crippen LogP contribution in [0.1, 0.15) is 52.5 Å². The van der Waals surface area contributed by atoms with E-state index in [4.69, 9.17) is 9.83 Å². The maximum atomic E-state index is 13.5. The van der Waals surface area contributed by atoms with Gasteiger partial charge in [0.15, 0.2) is 0 Å². The maximum Gasteiger partial charge on any atom is 0.255 e. The Balaban J connectivity index is 1.53. The minimum absolute atomic E-state index is 0.0255. The smallest absolute Gasteiger partial charge is 0.255 e. The van der Waals surface area contributed by atoms with Crippen molar-refractivity contribution in [2.75, 3.05) is 7.05 Å². The lowest BCUT2D eigenvalue weighted by Crippen LogP contribution is -2.43. The number of hydrogen-bond acceptors (Lipinski definition) is 5. The molecule has 5 rings (SSSR count). The Morgan fingerprint density at radius 1 is 0.974 bits per heavy atom. The lowest BCUT2D eigenvalue weighted by atomic mass is 9.95. The average Bonchev–Trinajstić information content (AvgIpc) is 3.60. The van der Waals surface area contributed by atoms with Gasteiger partial charge in [-0.05, 0) is 91.9 Å². The second-order valence-electron chi connectivity index (χ2n) is 10.0. The van der Waals surface area contributed by atoms with Crippen LogP contribution in [-0.4, -0.2) is 35.9 Å². The number of ketones is 1. The fourth-order valence-corrected chi connectivity index (χ4v) is 4.83. The molecule has 1 aliphatic rings. The Morgan fingerprint density at radius 2 is 1.67 bits per heavy atom. The first-order valence-electron chi connectivity index (χ1n) is 12.7. The van der Waals surface area contributed by atoms with Crippen molar-refractivity contribution >= 4 is 34.3 Å². The largest absolute Gasteiger partial charge is 0.455 e. The summed E-state index contributed by atoms with van der Waals surface area (Å²) in [5, 5.41) is 14.5. The Morgan fingerprint density at radius 3 is 2.31 bits per heavy atom. The van der Waals surface area contributed by atoms with Gasteiger partial charge in [0, 0.05) is 35.7 Å². The zero-order valence-corrected chi connectivity index (χ0v) is 21.9. The van der Waals surface area contributed by atoms with Crippen molar-refractivity contribution in [3.8, 4) is 22.5 Å². The normalized spacial score (nSPS) is 13.6. The topological polar surface area (TPSA) is 112 Å². The Kier molecular flexibility index (Phi) is 6.64. The zero-order chi connectivity index (χ0) is 27.9. The minimum Gasteiger partial charge on any atom is -0.455 e. The van der Waals surface area contributed by atoms with Gasteiger partial charge in [-0.25, -0.2) is 4.39 Å². The molecule has 0 unspecified atom stereocenters. The number of aryl methyl sites for hydroxylation is 1. The van der Waals surface area contributed by atoms with Gasteiger partial charge in [-0.15, -0.1) is 0 Å². The number of furan rings is 1. The molecule has 8 heteroatoms. The van der Waals surface area contributed by atoms with Crippen molar-refractivity contribution in [2.24, 2.45) is 0 Å². The number of amides is 2. The molecule has 0 radical (unpaired) electrons. The van der Waals surface area contributed by atoms with Gasteiger partial charge in [0.1, 0.15) is 22.9 Å². The molecule has 3 N–H and O–H groups in total. The van der Waals surface area contributed by atoms with E-state index in [-0.39, 0.29) is 35.5 Å². The van der Waals surface area contributed by atoms with Crippen LogP contribution in [0.5, 0.6) is 0 Å². The van der Waals surface area contributed by atoms with Crippen LogP contribution in [0.3, 0.4) is 0 Å². The fourth-order valence-electron chi connectivity index (χ4n) is 4.83. The first-order chi connectivity index (χ1) is 18.6. The molecule has 0 bridgehead atoms. The monoisotopic (exact) mass is 525 g/mol. The van der Waals surface area contributed by atoms with Crippen LogP contribution < -0.4 is 10.6 Å². The molecule has 0 saturated heterocycles. The number of nitrogens with one attached hydrogen (secondary N) is 3. The van der Waals surface area contributed by atoms with Crippen LogP contribution in [-0.2, 0) is 4.79 Å². The molecule has 0 spiro atoms. The Labute approximate surface area is 224 Å². The Hall–Kier alpha value is -4.59. The number of benzene rings is 3. The molecule has 1 aromatic heterocycles. The molecule has 3 aromatic carbocycles. The van der Waals surface area contributed by atoms with E-state index in [0.717, 1.165) is 16.7 Å². The number of carbonyl (C=O) groups is 3. The first-order valence-corrected chi connectivity index (χ1v) is 12.7. The van der Waals surface area contributed by atoms with E-state index < -0.39 is 5.54 Å². The third-order valence-electron chi connectivity index (χ3n) is 7.17. The van der Waals surface area contributed by atoms with Crippen molar-refractivity contribution in [3.05, 3.63) is 83.2 Å². The highest BCUT2D eigenvalue weighted by Gasteiger charge is 2.48. The summed E-state index contributed by atoms with van der Waals surface area (Å²) in [6.45, 7) is 3.37. The van der Waals surface area contributed by atoms with Crippen molar-refractivity contribution in [1.82, 2.24) is 10.6 Å². The SMILES string of the molecule is CNC(=O)c1c(-c2ccc(F)cc2)oc2ccc(-c3cc(C(=O)NC4(C(=N)CC(C)=O)CC4)ccc3C)cc12. The Bertz CT molecular complexity index is 1650. The average molecular weight is 526 g/mol. The molecule has 1 aliphatic carbocycles. The van der Waals surface area contributed by atoms with Gasteiger partial charge in [0.2, 0.25) is 0 Å². The summed E-state index contributed by atoms with van der Waals surface area (Å²) < 4.78 is 19.6. The summed E-state index contributed by atoms with van der Waals surface area (Å²) >= 11 is 0. The second-order valence-corrected chi connectivity index (χ2v) is 10.0. The number of halogens is 1. The summed E-state index contributed by atoms with van der Waals surface area (Å²) in [5.41, 5.74) is 3.87. The van der Waals surface area contributed by atoms with Crippen LogP contribution in [0.2, 0.25) is 0 Å². The molecule has 39 heavy (non-hydrogen) atoms. The van der Waals surface area contributed by atoms with E-state index in [9.17, 15) is 18.8 Å². The number of hydrogen-bond donors (Lipinski definition) is 3. The van der Waals surface area contributed by atoms with Crippen LogP contribution in [0.4, 0.5) is 4.39 Å². The predicted octanol–water partition coefficient (Wildman–Crippen LogP) is 5.84. The van der Waals surface area contributed by atoms with Gasteiger partial charge in [-0.1, -0.05) is 12.1 Å². The van der Waals surface area contributed by atoms with Gasteiger partial charge in [-0.2, -0.15) is 0 Å². The van der Waals surface area contributed by atoms with Gasteiger partial charge >= 0.3 is 0 Å². The van der Waals surface area contributed by atoms with Crippen molar-refractivity contribution in [2.45, 2.75) is 38.6 Å². The van der Waals surface area contributed by atoms with Gasteiger partial charge in [-0.3, -0.25) is 14.4 Å². The zero-order valence-electron chi connectivity index (χ0n) is 21.9. The highest BCUT2D eigenvalue weighted by molar-refractivity contribution is 6.12. The van der Waals surface area contributed by atoms with E-state index in [1.807, 2.05) is 25.1 Å². The van der Waals surface area contributed by atoms with Crippen LogP contribution in [0.15, 0.2) is 65.1 Å². The number of rotatable bonds is 8. The molecule has 0 atom stereocenters. The third kappa shape index (κ3) is 4.97. The molecule has 0 aliphatic heterocycles. The summed E-state index contributed by atoms with van der Waals surface area (Å²) in [4.78, 5) is 37.6. The first kappa shape index (κ1) is 26.0. The lowest BCUT2D eigenvalue weighted by Gasteiger charge is -2.19. The second kappa shape index (κ2) is 9.94. The molecule has 4 aromatic rings. The molecule has 198 valence electrons. The molecule has 1 saturated carbocycles. The lowest BCUT2D eigenvalue weighted by molar-refractivity contribution is -0.115. The van der Waals surface area contributed by atoms with E-state index >= 15 is 0 Å². The van der Waals surface area contributed by atoms with E-state index in [2.05, 4.69) is 10.6 Å². The molecule has 1 heterocycles. The number of Topliss-reactive ketones (excluding diaryl/α,β-unsaturated/α-hetero) is 1. The fraction of sp³-hybridized carbons (Fsp3) is 0.226. The van der Waals surface area contributed by atoms with E-state index in [1.54, 1.807) is 30.3 Å². The maximum absolute atomic E-state index is 13.5. The van der Waals surface area contributed by atoms with Crippen molar-refractivity contribution in [1.29, 1.82) is 5.41 Å². The van der Waals surface area contributed by atoms with Gasteiger partial charge in [0.05, 0.1) is 11.1 Å². The van der Waals surface area contributed by atoms with Crippen LogP contribution in [0.25, 0.3) is 33.4 Å². The summed E-state index contributed by atoms with van der Waals surface area (Å²) in [6, 6.07) is 16.6. The summed E-state index contributed by atoms with van der Waals surface area (Å²) in [7, 11) is 1.54. The molecular weight excluding hydrogens is 497 g/mol. The summed E-state index contributed by atoms with van der Waals surface area (Å²) in [5.74, 6) is -0.796. The summed E-state index contributed by atoms with van der Waals surface area (Å²) in [6.07, 6.45) is 1.30. The van der Waals surface area contributed by atoms with Crippen LogP contribution >= 0.6 is 0 Å². The molecule has 1 fully saturated rings. The van der Waals surface area contributed by atoms with Gasteiger partial charge in [0.25, 0.3) is 11.8 Å². The van der Waals surface area contributed by atoms with Crippen molar-refractivity contribution in [3.63, 3.8) is 0 Å². The molecule has 2 amide bonds. The standard InChI is InChI=1S/C31H28FN3O4/c1-17-4-5-21(29(37)35-31(12-13-31)26(33)14-18(2)36)16-23(17)20-8-11-25-24(15-20)27(30(38)34-3)28(39-25)19-6-9-22(32)10-7-19/h4-11,15-16,33H,12-14H2,1-3H3,(H,34,38)(H,35,37). The molecule has 7 nitrogen and oxygen atoms in total. The quantitative estimate of drug-likeness (QED) is 0.251. The van der Waals surface area contributed by atoms with Gasteiger partial charge < -0.3 is 20.5 Å².